The van der Waals surface area contributed by atoms with Gasteiger partial charge in [-0.1, -0.05) is 24.3 Å². The van der Waals surface area contributed by atoms with Crippen LogP contribution < -0.4 is 4.74 Å². The first-order chi connectivity index (χ1) is 14.9. The van der Waals surface area contributed by atoms with E-state index < -0.39 is 17.7 Å². The molecule has 31 heavy (non-hydrogen) atoms. The van der Waals surface area contributed by atoms with Gasteiger partial charge in [-0.3, -0.25) is 9.59 Å². The number of carbonyl (C=O) groups is 2. The second-order valence-electron chi connectivity index (χ2n) is 7.22. The van der Waals surface area contributed by atoms with E-state index in [4.69, 9.17) is 4.74 Å². The topological polar surface area (TPSA) is 66.8 Å². The summed E-state index contributed by atoms with van der Waals surface area (Å²) in [6, 6.07) is 13.7. The number of aryl methyl sites for hydroxylation is 1. The maximum Gasteiger partial charge on any atom is 0.295 e. The average molecular weight is 437 g/mol. The summed E-state index contributed by atoms with van der Waals surface area (Å²) in [7, 11) is 1.47. The molecule has 7 heteroatoms. The Kier molecular flexibility index (Phi) is 5.61. The predicted molar refractivity (Wildman–Crippen MR) is 116 cm³/mol. The van der Waals surface area contributed by atoms with Crippen molar-refractivity contribution in [3.05, 3.63) is 92.9 Å². The predicted octanol–water partition coefficient (Wildman–Crippen LogP) is 4.83. The zero-order valence-corrected chi connectivity index (χ0v) is 17.8. The van der Waals surface area contributed by atoms with Crippen LogP contribution in [0, 0.1) is 12.7 Å². The molecular weight excluding hydrogens is 417 g/mol. The van der Waals surface area contributed by atoms with E-state index in [-0.39, 0.29) is 23.7 Å². The van der Waals surface area contributed by atoms with Gasteiger partial charge in [0.25, 0.3) is 11.7 Å². The monoisotopic (exact) mass is 437 g/mol. The van der Waals surface area contributed by atoms with Crippen molar-refractivity contribution < 1.29 is 23.8 Å². The molecule has 1 aliphatic rings. The zero-order valence-electron chi connectivity index (χ0n) is 17.0. The molecule has 1 fully saturated rings. The number of carbonyl (C=O) groups excluding carboxylic acids is 2. The quantitative estimate of drug-likeness (QED) is 0.353. The summed E-state index contributed by atoms with van der Waals surface area (Å²) in [5.41, 5.74) is 1.94. The van der Waals surface area contributed by atoms with Crippen LogP contribution in [0.15, 0.2) is 65.6 Å². The first kappa shape index (κ1) is 20.8. The van der Waals surface area contributed by atoms with Gasteiger partial charge in [0.2, 0.25) is 0 Å². The van der Waals surface area contributed by atoms with Gasteiger partial charge in [-0.15, -0.1) is 11.3 Å². The molecule has 1 N–H and O–H groups in total. The van der Waals surface area contributed by atoms with Gasteiger partial charge >= 0.3 is 0 Å². The minimum atomic E-state index is -0.761. The van der Waals surface area contributed by atoms with Crippen molar-refractivity contribution >= 4 is 28.8 Å². The molecular formula is C24H20FNO4S. The number of hydrogen-bond donors (Lipinski definition) is 1. The average Bonchev–Trinajstić information content (AvgIpc) is 3.30. The van der Waals surface area contributed by atoms with Crippen molar-refractivity contribution in [2.75, 3.05) is 7.11 Å². The van der Waals surface area contributed by atoms with E-state index in [1.54, 1.807) is 36.4 Å². The molecule has 1 aliphatic heterocycles. The summed E-state index contributed by atoms with van der Waals surface area (Å²) >= 11 is 1.41. The molecule has 0 spiro atoms. The fourth-order valence-corrected chi connectivity index (χ4v) is 4.80. The lowest BCUT2D eigenvalue weighted by molar-refractivity contribution is -0.140. The third kappa shape index (κ3) is 3.72. The Morgan fingerprint density at radius 1 is 1.13 bits per heavy atom. The third-order valence-corrected chi connectivity index (χ3v) is 6.39. The van der Waals surface area contributed by atoms with Gasteiger partial charge in [0.15, 0.2) is 0 Å². The van der Waals surface area contributed by atoms with E-state index >= 15 is 0 Å². The number of hydrogen-bond acceptors (Lipinski definition) is 5. The smallest absolute Gasteiger partial charge is 0.295 e. The summed E-state index contributed by atoms with van der Waals surface area (Å²) in [6.45, 7) is 2.00. The molecule has 5 nitrogen and oxygen atoms in total. The van der Waals surface area contributed by atoms with Crippen molar-refractivity contribution in [3.63, 3.8) is 0 Å². The van der Waals surface area contributed by atoms with Gasteiger partial charge in [-0.05, 0) is 53.8 Å². The normalized spacial score (nSPS) is 17.9. The number of likely N-dealkylation sites (tertiary alicyclic amines) is 1. The van der Waals surface area contributed by atoms with Crippen LogP contribution >= 0.6 is 11.3 Å². The molecule has 4 rings (SSSR count). The Labute approximate surface area is 183 Å². The van der Waals surface area contributed by atoms with Crippen LogP contribution in [0.4, 0.5) is 4.39 Å². The number of ketones is 1. The molecule has 1 amide bonds. The number of nitrogens with zero attached hydrogens (tertiary/aromatic N) is 1. The fraction of sp³-hybridized carbons (Fsp3) is 0.167. The number of para-hydroxylation sites is 1. The Morgan fingerprint density at radius 3 is 2.48 bits per heavy atom. The number of aliphatic hydroxyl groups is 1. The number of methoxy groups -OCH3 is 1. The summed E-state index contributed by atoms with van der Waals surface area (Å²) in [5, 5.41) is 13.0. The molecule has 0 saturated carbocycles. The molecule has 2 aromatic carbocycles. The molecule has 1 saturated heterocycles. The van der Waals surface area contributed by atoms with Crippen molar-refractivity contribution in [1.82, 2.24) is 4.90 Å². The lowest BCUT2D eigenvalue weighted by Gasteiger charge is -2.25. The zero-order chi connectivity index (χ0) is 22.1. The van der Waals surface area contributed by atoms with Crippen LogP contribution in [0.2, 0.25) is 0 Å². The number of benzene rings is 2. The van der Waals surface area contributed by atoms with Crippen molar-refractivity contribution in [2.24, 2.45) is 0 Å². The Morgan fingerprint density at radius 2 is 1.84 bits per heavy atom. The third-order valence-electron chi connectivity index (χ3n) is 5.32. The highest BCUT2D eigenvalue weighted by Gasteiger charge is 2.47. The van der Waals surface area contributed by atoms with Crippen molar-refractivity contribution in [3.8, 4) is 5.75 Å². The molecule has 3 aromatic rings. The maximum atomic E-state index is 13.3. The van der Waals surface area contributed by atoms with Crippen molar-refractivity contribution in [2.45, 2.75) is 19.5 Å². The maximum absolute atomic E-state index is 13.3. The van der Waals surface area contributed by atoms with Gasteiger partial charge in [0.05, 0.1) is 18.2 Å². The van der Waals surface area contributed by atoms with E-state index in [1.165, 1.54) is 35.5 Å². The fourth-order valence-electron chi connectivity index (χ4n) is 3.75. The summed E-state index contributed by atoms with van der Waals surface area (Å²) in [5.74, 6) is -1.74. The summed E-state index contributed by atoms with van der Waals surface area (Å²) in [4.78, 5) is 28.3. The number of ether oxygens (including phenoxy) is 1. The molecule has 1 aromatic heterocycles. The van der Waals surface area contributed by atoms with Gasteiger partial charge < -0.3 is 14.7 Å². The Hall–Kier alpha value is -3.45. The van der Waals surface area contributed by atoms with Crippen LogP contribution in [-0.2, 0) is 16.1 Å². The SMILES string of the molecule is COc1ccccc1/C(O)=C1\C(=O)C(=O)N(Cc2ccc(F)cc2)C1c1sccc1C. The Bertz CT molecular complexity index is 1180. The molecule has 1 atom stereocenters. The Balaban J connectivity index is 1.88. The number of Topliss-reactive ketones (excluding diaryl/α,β-unsaturated/α-hetero) is 1. The van der Waals surface area contributed by atoms with Gasteiger partial charge in [-0.2, -0.15) is 0 Å². The first-order valence-electron chi connectivity index (χ1n) is 9.62. The second kappa shape index (κ2) is 8.35. The number of aliphatic hydroxyl groups excluding tert-OH is 1. The molecule has 0 radical (unpaired) electrons. The van der Waals surface area contributed by atoms with E-state index in [2.05, 4.69) is 0 Å². The summed E-state index contributed by atoms with van der Waals surface area (Å²) in [6.07, 6.45) is 0. The number of amides is 1. The van der Waals surface area contributed by atoms with E-state index in [0.717, 1.165) is 10.4 Å². The van der Waals surface area contributed by atoms with Crippen molar-refractivity contribution in [1.29, 1.82) is 0 Å². The van der Waals surface area contributed by atoms with Gasteiger partial charge in [-0.25, -0.2) is 4.39 Å². The second-order valence-corrected chi connectivity index (χ2v) is 8.17. The minimum Gasteiger partial charge on any atom is -0.507 e. The van der Waals surface area contributed by atoms with Crippen LogP contribution in [0.25, 0.3) is 5.76 Å². The molecule has 158 valence electrons. The lowest BCUT2D eigenvalue weighted by atomic mass is 9.98. The van der Waals surface area contributed by atoms with Gasteiger partial charge in [0, 0.05) is 11.4 Å². The van der Waals surface area contributed by atoms with Crippen LogP contribution in [0.5, 0.6) is 5.75 Å². The number of halogens is 1. The molecule has 0 bridgehead atoms. The summed E-state index contributed by atoms with van der Waals surface area (Å²) < 4.78 is 18.7. The minimum absolute atomic E-state index is 0.0159. The van der Waals surface area contributed by atoms with E-state index in [9.17, 15) is 19.1 Å². The highest BCUT2D eigenvalue weighted by molar-refractivity contribution is 7.10. The van der Waals surface area contributed by atoms with Crippen LogP contribution in [0.3, 0.4) is 0 Å². The van der Waals surface area contributed by atoms with Gasteiger partial charge in [0.1, 0.15) is 23.4 Å². The molecule has 1 unspecified atom stereocenters. The lowest BCUT2D eigenvalue weighted by Crippen LogP contribution is -2.29. The first-order valence-corrected chi connectivity index (χ1v) is 10.5. The molecule has 2 heterocycles. The van der Waals surface area contributed by atoms with Crippen LogP contribution in [-0.4, -0.2) is 28.8 Å². The number of thiophene rings is 1. The highest BCUT2D eigenvalue weighted by atomic mass is 32.1. The standard InChI is InChI=1S/C24H20FNO4S/c1-14-11-12-31-23(14)20-19(21(27)17-5-3-4-6-18(17)30-2)22(28)24(29)26(20)13-15-7-9-16(25)10-8-15/h3-12,20,27H,13H2,1-2H3/b21-19+. The largest absolute Gasteiger partial charge is 0.507 e. The molecule has 0 aliphatic carbocycles. The highest BCUT2D eigenvalue weighted by Crippen LogP contribution is 2.44. The number of rotatable bonds is 5. The van der Waals surface area contributed by atoms with E-state index in [1.807, 2.05) is 18.4 Å². The van der Waals surface area contributed by atoms with Crippen LogP contribution in [0.1, 0.15) is 27.6 Å². The van der Waals surface area contributed by atoms with E-state index in [0.29, 0.717) is 16.9 Å².